The van der Waals surface area contributed by atoms with Gasteiger partial charge in [0.1, 0.15) is 0 Å². The van der Waals surface area contributed by atoms with Crippen LogP contribution in [-0.4, -0.2) is 14.3 Å². The Balaban J connectivity index is 1.97. The average molecular weight is 246 g/mol. The van der Waals surface area contributed by atoms with Crippen LogP contribution in [0.1, 0.15) is 29.6 Å². The normalized spacial score (nSPS) is 11.1. The molecule has 0 fully saturated rings. The predicted octanol–water partition coefficient (Wildman–Crippen LogP) is 2.15. The molecule has 2 heterocycles. The maximum atomic E-state index is 4.16. The van der Waals surface area contributed by atoms with Crippen LogP contribution >= 0.6 is 0 Å². The Morgan fingerprint density at radius 2 is 2.06 bits per heavy atom. The minimum Gasteiger partial charge on any atom is -0.349 e. The number of hydrogen-bond donors (Lipinski definition) is 1. The standard InChI is InChI=1S/C14H22N4/c1-5-18-11(2)8-13(12(18)3)9-15-10-14-6-7-16-17(14)4/h6-8,15H,5,9-10H2,1-4H3. The van der Waals surface area contributed by atoms with E-state index in [-0.39, 0.29) is 0 Å². The molecule has 0 saturated carbocycles. The van der Waals surface area contributed by atoms with E-state index in [4.69, 9.17) is 0 Å². The molecule has 0 saturated heterocycles. The van der Waals surface area contributed by atoms with Crippen molar-refractivity contribution in [2.45, 2.75) is 40.4 Å². The second kappa shape index (κ2) is 5.40. The zero-order valence-electron chi connectivity index (χ0n) is 11.7. The van der Waals surface area contributed by atoms with Gasteiger partial charge in [-0.25, -0.2) is 0 Å². The Labute approximate surface area is 109 Å². The van der Waals surface area contributed by atoms with Crippen molar-refractivity contribution in [1.29, 1.82) is 0 Å². The van der Waals surface area contributed by atoms with Crippen LogP contribution < -0.4 is 5.32 Å². The van der Waals surface area contributed by atoms with Gasteiger partial charge < -0.3 is 9.88 Å². The second-order valence-corrected chi connectivity index (χ2v) is 4.69. The van der Waals surface area contributed by atoms with Gasteiger partial charge in [0.15, 0.2) is 0 Å². The molecule has 4 nitrogen and oxygen atoms in total. The van der Waals surface area contributed by atoms with Crippen LogP contribution in [0.2, 0.25) is 0 Å². The van der Waals surface area contributed by atoms with E-state index in [0.29, 0.717) is 0 Å². The van der Waals surface area contributed by atoms with E-state index < -0.39 is 0 Å². The van der Waals surface area contributed by atoms with E-state index in [2.05, 4.69) is 41.8 Å². The SMILES string of the molecule is CCn1c(C)cc(CNCc2ccnn2C)c1C. The van der Waals surface area contributed by atoms with Crippen molar-refractivity contribution in [3.63, 3.8) is 0 Å². The van der Waals surface area contributed by atoms with Gasteiger partial charge in [0.05, 0.1) is 5.69 Å². The fourth-order valence-electron chi connectivity index (χ4n) is 2.44. The lowest BCUT2D eigenvalue weighted by Gasteiger charge is -2.07. The largest absolute Gasteiger partial charge is 0.349 e. The lowest BCUT2D eigenvalue weighted by molar-refractivity contribution is 0.622. The molecule has 0 aliphatic rings. The molecule has 0 unspecified atom stereocenters. The molecule has 0 bridgehead atoms. The summed E-state index contributed by atoms with van der Waals surface area (Å²) in [5.41, 5.74) is 5.30. The van der Waals surface area contributed by atoms with Gasteiger partial charge in [-0.05, 0) is 38.5 Å². The molecule has 0 aliphatic carbocycles. The zero-order chi connectivity index (χ0) is 13.1. The maximum Gasteiger partial charge on any atom is 0.0518 e. The topological polar surface area (TPSA) is 34.8 Å². The van der Waals surface area contributed by atoms with E-state index in [1.165, 1.54) is 22.6 Å². The maximum absolute atomic E-state index is 4.16. The molecule has 0 aromatic carbocycles. The molecule has 4 heteroatoms. The molecule has 2 rings (SSSR count). The summed E-state index contributed by atoms with van der Waals surface area (Å²) < 4.78 is 4.25. The smallest absolute Gasteiger partial charge is 0.0518 e. The van der Waals surface area contributed by atoms with E-state index in [1.807, 2.05) is 24.0 Å². The van der Waals surface area contributed by atoms with Gasteiger partial charge in [-0.15, -0.1) is 0 Å². The predicted molar refractivity (Wildman–Crippen MR) is 73.3 cm³/mol. The van der Waals surface area contributed by atoms with Gasteiger partial charge in [0.25, 0.3) is 0 Å². The molecule has 1 N–H and O–H groups in total. The van der Waals surface area contributed by atoms with Crippen LogP contribution in [0.25, 0.3) is 0 Å². The first-order valence-electron chi connectivity index (χ1n) is 6.46. The van der Waals surface area contributed by atoms with Crippen molar-refractivity contribution >= 4 is 0 Å². The molecule has 0 aliphatic heterocycles. The Hall–Kier alpha value is -1.55. The van der Waals surface area contributed by atoms with Crippen molar-refractivity contribution in [2.24, 2.45) is 7.05 Å². The molecular weight excluding hydrogens is 224 g/mol. The van der Waals surface area contributed by atoms with E-state index >= 15 is 0 Å². The number of aryl methyl sites for hydroxylation is 2. The molecule has 98 valence electrons. The Bertz CT molecular complexity index is 522. The Kier molecular flexibility index (Phi) is 3.87. The highest BCUT2D eigenvalue weighted by Crippen LogP contribution is 2.14. The summed E-state index contributed by atoms with van der Waals surface area (Å²) in [7, 11) is 1.97. The summed E-state index contributed by atoms with van der Waals surface area (Å²) in [6, 6.07) is 4.32. The molecule has 18 heavy (non-hydrogen) atoms. The highest BCUT2D eigenvalue weighted by Gasteiger charge is 2.07. The lowest BCUT2D eigenvalue weighted by atomic mass is 10.2. The van der Waals surface area contributed by atoms with Gasteiger partial charge in [-0.1, -0.05) is 0 Å². The number of nitrogens with one attached hydrogen (secondary N) is 1. The van der Waals surface area contributed by atoms with Crippen molar-refractivity contribution in [2.75, 3.05) is 0 Å². The molecule has 2 aromatic rings. The fourth-order valence-corrected chi connectivity index (χ4v) is 2.44. The summed E-state index contributed by atoms with van der Waals surface area (Å²) in [4.78, 5) is 0. The number of rotatable bonds is 5. The van der Waals surface area contributed by atoms with Crippen LogP contribution in [0.15, 0.2) is 18.3 Å². The Morgan fingerprint density at radius 1 is 1.28 bits per heavy atom. The number of nitrogens with zero attached hydrogens (tertiary/aromatic N) is 3. The third-order valence-corrected chi connectivity index (χ3v) is 3.54. The third kappa shape index (κ3) is 2.48. The summed E-state index contributed by atoms with van der Waals surface area (Å²) >= 11 is 0. The molecule has 0 radical (unpaired) electrons. The van der Waals surface area contributed by atoms with E-state index in [9.17, 15) is 0 Å². The van der Waals surface area contributed by atoms with Gasteiger partial charge in [-0.3, -0.25) is 4.68 Å². The fraction of sp³-hybridized carbons (Fsp3) is 0.500. The second-order valence-electron chi connectivity index (χ2n) is 4.69. The van der Waals surface area contributed by atoms with Crippen molar-refractivity contribution in [3.05, 3.63) is 41.0 Å². The van der Waals surface area contributed by atoms with Gasteiger partial charge in [0, 0.05) is 44.3 Å². The molecule has 0 amide bonds. The molecule has 0 spiro atoms. The van der Waals surface area contributed by atoms with Crippen LogP contribution in [0.5, 0.6) is 0 Å². The number of aromatic nitrogens is 3. The van der Waals surface area contributed by atoms with E-state index in [0.717, 1.165) is 19.6 Å². The summed E-state index contributed by atoms with van der Waals surface area (Å²) in [6.45, 7) is 9.35. The van der Waals surface area contributed by atoms with Crippen molar-refractivity contribution in [3.8, 4) is 0 Å². The van der Waals surface area contributed by atoms with Crippen LogP contribution in [0.4, 0.5) is 0 Å². The first-order valence-corrected chi connectivity index (χ1v) is 6.46. The average Bonchev–Trinajstić information content (AvgIpc) is 2.85. The highest BCUT2D eigenvalue weighted by atomic mass is 15.3. The first kappa shape index (κ1) is 12.9. The summed E-state index contributed by atoms with van der Waals surface area (Å²) in [6.07, 6.45) is 1.83. The monoisotopic (exact) mass is 246 g/mol. The zero-order valence-corrected chi connectivity index (χ0v) is 11.7. The molecule has 2 aromatic heterocycles. The third-order valence-electron chi connectivity index (χ3n) is 3.54. The van der Waals surface area contributed by atoms with E-state index in [1.54, 1.807) is 0 Å². The van der Waals surface area contributed by atoms with Crippen molar-refractivity contribution in [1.82, 2.24) is 19.7 Å². The number of hydrogen-bond acceptors (Lipinski definition) is 2. The molecular formula is C14H22N4. The van der Waals surface area contributed by atoms with Crippen LogP contribution in [0, 0.1) is 13.8 Å². The van der Waals surface area contributed by atoms with Gasteiger partial charge in [-0.2, -0.15) is 5.10 Å². The highest BCUT2D eigenvalue weighted by molar-refractivity contribution is 5.26. The van der Waals surface area contributed by atoms with Crippen molar-refractivity contribution < 1.29 is 0 Å². The quantitative estimate of drug-likeness (QED) is 0.877. The van der Waals surface area contributed by atoms with Crippen LogP contribution in [0.3, 0.4) is 0 Å². The molecule has 0 atom stereocenters. The minimum absolute atomic E-state index is 0.853. The summed E-state index contributed by atoms with van der Waals surface area (Å²) in [5.74, 6) is 0. The Morgan fingerprint density at radius 3 is 2.61 bits per heavy atom. The van der Waals surface area contributed by atoms with Gasteiger partial charge in [0.2, 0.25) is 0 Å². The van der Waals surface area contributed by atoms with Gasteiger partial charge >= 0.3 is 0 Å². The van der Waals surface area contributed by atoms with Crippen LogP contribution in [-0.2, 0) is 26.7 Å². The lowest BCUT2D eigenvalue weighted by Crippen LogP contribution is -2.15. The minimum atomic E-state index is 0.853. The first-order chi connectivity index (χ1) is 8.63. The summed E-state index contributed by atoms with van der Waals surface area (Å²) in [5, 5.41) is 7.64.